The molecule has 0 spiro atoms. The molecule has 0 atom stereocenters. The number of nitrogens with one attached hydrogen (secondary N) is 2. The highest BCUT2D eigenvalue weighted by Gasteiger charge is 2.20. The molecular weight excluding hydrogens is 308 g/mol. The van der Waals surface area contributed by atoms with Crippen molar-refractivity contribution in [1.82, 2.24) is 9.78 Å². The number of hydrogen-bond donors (Lipinski definition) is 2. The Morgan fingerprint density at radius 1 is 1.30 bits per heavy atom. The molecule has 1 aromatic heterocycles. The van der Waals surface area contributed by atoms with Gasteiger partial charge in [-0.15, -0.1) is 11.8 Å². The van der Waals surface area contributed by atoms with Crippen molar-refractivity contribution >= 4 is 29.2 Å². The van der Waals surface area contributed by atoms with Crippen LogP contribution in [-0.2, 0) is 4.79 Å². The number of nitrogens with zero attached hydrogens (tertiary/aromatic N) is 2. The molecule has 1 saturated carbocycles. The number of carbonyl (C=O) groups is 1. The molecule has 0 radical (unpaired) electrons. The first-order chi connectivity index (χ1) is 11.3. The Kier molecular flexibility index (Phi) is 5.23. The molecule has 1 heterocycles. The fraction of sp³-hybridized carbons (Fsp3) is 0.412. The molecule has 0 bridgehead atoms. The second-order valence-electron chi connectivity index (χ2n) is 5.70. The van der Waals surface area contributed by atoms with Crippen LogP contribution in [0.15, 0.2) is 41.4 Å². The molecule has 0 unspecified atom stereocenters. The first kappa shape index (κ1) is 15.9. The highest BCUT2D eigenvalue weighted by atomic mass is 32.2. The van der Waals surface area contributed by atoms with E-state index in [4.69, 9.17) is 0 Å². The molecule has 0 aliphatic heterocycles. The number of thioether (sulfide) groups is 1. The molecule has 0 saturated heterocycles. The van der Waals surface area contributed by atoms with E-state index in [1.165, 1.54) is 12.8 Å². The predicted molar refractivity (Wildman–Crippen MR) is 95.1 cm³/mol. The van der Waals surface area contributed by atoms with Crippen LogP contribution in [0, 0.1) is 0 Å². The number of anilines is 2. The molecule has 23 heavy (non-hydrogen) atoms. The Balaban J connectivity index is 1.58. The zero-order valence-corrected chi connectivity index (χ0v) is 14.1. The van der Waals surface area contributed by atoms with Gasteiger partial charge in [0.25, 0.3) is 0 Å². The molecule has 1 aliphatic carbocycles. The zero-order valence-electron chi connectivity index (χ0n) is 13.3. The molecule has 1 amide bonds. The maximum atomic E-state index is 12.2. The molecule has 5 nitrogen and oxygen atoms in total. The summed E-state index contributed by atoms with van der Waals surface area (Å²) in [6.45, 7) is 0.243. The number of aromatic nitrogens is 2. The minimum Gasteiger partial charge on any atom is -0.375 e. The number of rotatable bonds is 6. The van der Waals surface area contributed by atoms with Gasteiger partial charge < -0.3 is 10.6 Å². The molecule has 2 aromatic rings. The van der Waals surface area contributed by atoms with E-state index in [0.717, 1.165) is 29.2 Å². The number of benzene rings is 1. The summed E-state index contributed by atoms with van der Waals surface area (Å²) in [6, 6.07) is 10.3. The predicted octanol–water partition coefficient (Wildman–Crippen LogP) is 3.77. The fourth-order valence-corrected chi connectivity index (χ4v) is 3.58. The van der Waals surface area contributed by atoms with Gasteiger partial charge in [0.2, 0.25) is 5.91 Å². The van der Waals surface area contributed by atoms with Gasteiger partial charge in [-0.25, -0.2) is 4.68 Å². The molecule has 6 heteroatoms. The smallest absolute Gasteiger partial charge is 0.244 e. The quantitative estimate of drug-likeness (QED) is 0.792. The van der Waals surface area contributed by atoms with E-state index in [1.807, 2.05) is 41.3 Å². The minimum absolute atomic E-state index is 0.0550. The van der Waals surface area contributed by atoms with E-state index in [9.17, 15) is 4.79 Å². The van der Waals surface area contributed by atoms with Gasteiger partial charge in [0.05, 0.1) is 18.8 Å². The Labute approximate surface area is 140 Å². The van der Waals surface area contributed by atoms with Gasteiger partial charge >= 0.3 is 0 Å². The first-order valence-corrected chi connectivity index (χ1v) is 9.20. The van der Waals surface area contributed by atoms with Crippen LogP contribution in [0.1, 0.15) is 31.7 Å². The van der Waals surface area contributed by atoms with Crippen LogP contribution in [-0.4, -0.2) is 28.5 Å². The van der Waals surface area contributed by atoms with E-state index < -0.39 is 0 Å². The van der Waals surface area contributed by atoms with E-state index >= 15 is 0 Å². The van der Waals surface area contributed by atoms with Crippen LogP contribution in [0.4, 0.5) is 11.5 Å². The van der Waals surface area contributed by atoms with Crippen molar-refractivity contribution < 1.29 is 4.79 Å². The third kappa shape index (κ3) is 3.88. The summed E-state index contributed by atoms with van der Waals surface area (Å²) in [4.78, 5) is 13.4. The Hall–Kier alpha value is -1.95. The summed E-state index contributed by atoms with van der Waals surface area (Å²) in [6.07, 6.45) is 8.55. The van der Waals surface area contributed by atoms with E-state index in [0.29, 0.717) is 6.04 Å². The lowest BCUT2D eigenvalue weighted by Gasteiger charge is -2.15. The number of hydrogen-bond acceptors (Lipinski definition) is 4. The summed E-state index contributed by atoms with van der Waals surface area (Å²) in [5.41, 5.74) is 0.986. The van der Waals surface area contributed by atoms with Gasteiger partial charge in [0.1, 0.15) is 5.82 Å². The average Bonchev–Trinajstić information content (AvgIpc) is 3.24. The highest BCUT2D eigenvalue weighted by Crippen LogP contribution is 2.31. The minimum atomic E-state index is -0.0550. The SMILES string of the molecule is CSc1ccccc1NCC(=O)Nc1ccnn1C1CCCC1. The number of para-hydroxylation sites is 1. The monoisotopic (exact) mass is 330 g/mol. The number of carbonyl (C=O) groups excluding carboxylic acids is 1. The summed E-state index contributed by atoms with van der Waals surface area (Å²) >= 11 is 1.66. The summed E-state index contributed by atoms with van der Waals surface area (Å²) in [5.74, 6) is 0.738. The topological polar surface area (TPSA) is 59.0 Å². The van der Waals surface area contributed by atoms with Crippen LogP contribution in [0.25, 0.3) is 0 Å². The molecule has 2 N–H and O–H groups in total. The summed E-state index contributed by atoms with van der Waals surface area (Å²) in [7, 11) is 0. The third-order valence-electron chi connectivity index (χ3n) is 4.15. The Morgan fingerprint density at radius 2 is 2.09 bits per heavy atom. The number of amides is 1. The zero-order chi connectivity index (χ0) is 16.1. The Bertz CT molecular complexity index is 664. The Morgan fingerprint density at radius 3 is 2.87 bits per heavy atom. The van der Waals surface area contributed by atoms with E-state index in [2.05, 4.69) is 15.7 Å². The van der Waals surface area contributed by atoms with Crippen LogP contribution < -0.4 is 10.6 Å². The van der Waals surface area contributed by atoms with E-state index in [-0.39, 0.29) is 12.5 Å². The first-order valence-electron chi connectivity index (χ1n) is 7.98. The molecule has 1 fully saturated rings. The third-order valence-corrected chi connectivity index (χ3v) is 4.95. The standard InChI is InChI=1S/C17H22N4OS/c1-23-15-9-5-4-8-14(15)18-12-17(22)20-16-10-11-19-21(16)13-6-2-3-7-13/h4-5,8-11,13,18H,2-3,6-7,12H2,1H3,(H,20,22). The van der Waals surface area contributed by atoms with Crippen LogP contribution in [0.3, 0.4) is 0 Å². The van der Waals surface area contributed by atoms with Crippen LogP contribution >= 0.6 is 11.8 Å². The van der Waals surface area contributed by atoms with Gasteiger partial charge in [-0.05, 0) is 31.2 Å². The van der Waals surface area contributed by atoms with Crippen molar-refractivity contribution in [2.45, 2.75) is 36.6 Å². The van der Waals surface area contributed by atoms with Crippen molar-refractivity contribution in [1.29, 1.82) is 0 Å². The fourth-order valence-electron chi connectivity index (χ4n) is 3.01. The molecule has 3 rings (SSSR count). The lowest BCUT2D eigenvalue weighted by Crippen LogP contribution is -2.24. The van der Waals surface area contributed by atoms with Crippen molar-refractivity contribution in [3.05, 3.63) is 36.5 Å². The largest absolute Gasteiger partial charge is 0.375 e. The average molecular weight is 330 g/mol. The lowest BCUT2D eigenvalue weighted by atomic mass is 10.2. The van der Waals surface area contributed by atoms with Gasteiger partial charge in [0, 0.05) is 16.6 Å². The van der Waals surface area contributed by atoms with Gasteiger partial charge in [-0.1, -0.05) is 25.0 Å². The molecule has 122 valence electrons. The van der Waals surface area contributed by atoms with Gasteiger partial charge in [0.15, 0.2) is 0 Å². The van der Waals surface area contributed by atoms with Gasteiger partial charge in [-0.3, -0.25) is 4.79 Å². The van der Waals surface area contributed by atoms with Crippen molar-refractivity contribution in [3.8, 4) is 0 Å². The maximum Gasteiger partial charge on any atom is 0.244 e. The molecule has 1 aliphatic rings. The molecule has 1 aromatic carbocycles. The second-order valence-corrected chi connectivity index (χ2v) is 6.55. The summed E-state index contributed by atoms with van der Waals surface area (Å²) < 4.78 is 1.96. The second kappa shape index (κ2) is 7.55. The van der Waals surface area contributed by atoms with Crippen LogP contribution in [0.2, 0.25) is 0 Å². The van der Waals surface area contributed by atoms with Crippen molar-refractivity contribution in [2.75, 3.05) is 23.4 Å². The molecular formula is C17H22N4OS. The summed E-state index contributed by atoms with van der Waals surface area (Å²) in [5, 5.41) is 10.5. The highest BCUT2D eigenvalue weighted by molar-refractivity contribution is 7.98. The normalized spacial score (nSPS) is 14.8. The maximum absolute atomic E-state index is 12.2. The van der Waals surface area contributed by atoms with E-state index in [1.54, 1.807) is 18.0 Å². The van der Waals surface area contributed by atoms with Gasteiger partial charge in [-0.2, -0.15) is 5.10 Å². The van der Waals surface area contributed by atoms with Crippen LogP contribution in [0.5, 0.6) is 0 Å². The van der Waals surface area contributed by atoms with Crippen molar-refractivity contribution in [3.63, 3.8) is 0 Å². The lowest BCUT2D eigenvalue weighted by molar-refractivity contribution is -0.114. The van der Waals surface area contributed by atoms with Crippen molar-refractivity contribution in [2.24, 2.45) is 0 Å².